The molecule has 2 aromatic heterocycles. The number of halogens is 6. The van der Waals surface area contributed by atoms with Crippen LogP contribution >= 0.6 is 0 Å². The number of likely N-dealkylation sites (tertiary alicyclic amines) is 1. The molecule has 2 aliphatic heterocycles. The molecule has 0 radical (unpaired) electrons. The van der Waals surface area contributed by atoms with Gasteiger partial charge in [-0.2, -0.15) is 26.3 Å². The average Bonchev–Trinajstić information content (AvgIpc) is 3.22. The van der Waals surface area contributed by atoms with Crippen molar-refractivity contribution in [2.45, 2.75) is 30.9 Å². The van der Waals surface area contributed by atoms with Gasteiger partial charge in [-0.25, -0.2) is 9.59 Å². The van der Waals surface area contributed by atoms with Gasteiger partial charge in [0, 0.05) is 44.6 Å². The standard InChI is InChI=1S/C18H21N3O2.2C2HF3O2/c1-2-8-20-16(4-1)11-21-13-18(14-21)15(6-9-23-18)12-22-17-5-3-7-19-10-17;2*3-2(4,5)1(6)7/h1-5,7-8,10,15H,6,9,11-14H2;2*(H,6,7). The van der Waals surface area contributed by atoms with E-state index in [-0.39, 0.29) is 5.60 Å². The van der Waals surface area contributed by atoms with E-state index in [1.807, 2.05) is 30.5 Å². The molecule has 2 saturated heterocycles. The number of ether oxygens (including phenoxy) is 2. The Morgan fingerprint density at radius 2 is 1.65 bits per heavy atom. The maximum absolute atomic E-state index is 10.6. The summed E-state index contributed by atoms with van der Waals surface area (Å²) in [7, 11) is 0. The lowest BCUT2D eigenvalue weighted by Gasteiger charge is -2.50. The number of carbonyl (C=O) groups is 2. The van der Waals surface area contributed by atoms with Crippen molar-refractivity contribution in [2.24, 2.45) is 5.92 Å². The Kier molecular flexibility index (Phi) is 10.2. The zero-order valence-corrected chi connectivity index (χ0v) is 19.1. The van der Waals surface area contributed by atoms with E-state index >= 15 is 0 Å². The fourth-order valence-corrected chi connectivity index (χ4v) is 3.54. The van der Waals surface area contributed by atoms with E-state index in [9.17, 15) is 26.3 Å². The first-order chi connectivity index (χ1) is 17.2. The summed E-state index contributed by atoms with van der Waals surface area (Å²) in [5.41, 5.74) is 1.08. The lowest BCUT2D eigenvalue weighted by atomic mass is 9.81. The maximum atomic E-state index is 10.6. The molecule has 4 heterocycles. The van der Waals surface area contributed by atoms with Crippen LogP contribution < -0.4 is 4.74 Å². The van der Waals surface area contributed by atoms with Crippen LogP contribution in [-0.4, -0.2) is 81.3 Å². The van der Waals surface area contributed by atoms with Crippen LogP contribution in [0.2, 0.25) is 0 Å². The predicted molar refractivity (Wildman–Crippen MR) is 113 cm³/mol. The van der Waals surface area contributed by atoms with E-state index in [0.29, 0.717) is 12.5 Å². The molecular formula is C22H23F6N3O6. The second-order valence-corrected chi connectivity index (χ2v) is 7.97. The Labute approximate surface area is 206 Å². The molecule has 1 atom stereocenters. The fraction of sp³-hybridized carbons (Fsp3) is 0.455. The molecule has 1 spiro atoms. The number of nitrogens with zero attached hydrogens (tertiary/aromatic N) is 3. The molecule has 0 saturated carbocycles. The highest BCUT2D eigenvalue weighted by Gasteiger charge is 2.53. The molecule has 2 fully saturated rings. The molecule has 0 amide bonds. The van der Waals surface area contributed by atoms with Crippen molar-refractivity contribution >= 4 is 11.9 Å². The molecule has 0 bridgehead atoms. The minimum Gasteiger partial charge on any atom is -0.492 e. The Morgan fingerprint density at radius 1 is 1.03 bits per heavy atom. The number of aromatic nitrogens is 2. The maximum Gasteiger partial charge on any atom is 0.490 e. The third-order valence-electron chi connectivity index (χ3n) is 5.26. The van der Waals surface area contributed by atoms with Gasteiger partial charge in [0.1, 0.15) is 5.75 Å². The molecule has 2 aliphatic rings. The van der Waals surface area contributed by atoms with Gasteiger partial charge in [0.15, 0.2) is 0 Å². The number of pyridine rings is 2. The molecule has 37 heavy (non-hydrogen) atoms. The van der Waals surface area contributed by atoms with Crippen molar-refractivity contribution in [2.75, 3.05) is 26.3 Å². The van der Waals surface area contributed by atoms with Crippen LogP contribution in [0.15, 0.2) is 48.9 Å². The van der Waals surface area contributed by atoms with Gasteiger partial charge in [-0.15, -0.1) is 0 Å². The summed E-state index contributed by atoms with van der Waals surface area (Å²) < 4.78 is 75.5. The van der Waals surface area contributed by atoms with Gasteiger partial charge in [-0.3, -0.25) is 14.9 Å². The number of carboxylic acid groups (broad SMARTS) is 2. The van der Waals surface area contributed by atoms with Crippen molar-refractivity contribution in [1.82, 2.24) is 14.9 Å². The van der Waals surface area contributed by atoms with E-state index in [1.54, 1.807) is 12.4 Å². The van der Waals surface area contributed by atoms with Crippen molar-refractivity contribution in [1.29, 1.82) is 0 Å². The predicted octanol–water partition coefficient (Wildman–Crippen LogP) is 3.41. The second kappa shape index (κ2) is 12.7. The van der Waals surface area contributed by atoms with Crippen molar-refractivity contribution in [3.63, 3.8) is 0 Å². The molecule has 1 unspecified atom stereocenters. The number of hydrogen-bond donors (Lipinski definition) is 2. The molecule has 4 rings (SSSR count). The molecular weight excluding hydrogens is 516 g/mol. The van der Waals surface area contributed by atoms with Crippen LogP contribution in [0.5, 0.6) is 5.75 Å². The van der Waals surface area contributed by atoms with Crippen LogP contribution in [0, 0.1) is 5.92 Å². The summed E-state index contributed by atoms with van der Waals surface area (Å²) in [6, 6.07) is 9.91. The Morgan fingerprint density at radius 3 is 2.14 bits per heavy atom. The van der Waals surface area contributed by atoms with Crippen LogP contribution in [0.3, 0.4) is 0 Å². The van der Waals surface area contributed by atoms with Gasteiger partial charge in [0.05, 0.1) is 24.1 Å². The van der Waals surface area contributed by atoms with E-state index < -0.39 is 24.3 Å². The molecule has 0 aromatic carbocycles. The highest BCUT2D eigenvalue weighted by atomic mass is 19.4. The van der Waals surface area contributed by atoms with Crippen LogP contribution in [0.4, 0.5) is 26.3 Å². The monoisotopic (exact) mass is 539 g/mol. The number of carboxylic acids is 2. The molecule has 204 valence electrons. The molecule has 0 aliphatic carbocycles. The summed E-state index contributed by atoms with van der Waals surface area (Å²) >= 11 is 0. The largest absolute Gasteiger partial charge is 0.492 e. The Bertz CT molecular complexity index is 977. The van der Waals surface area contributed by atoms with Gasteiger partial charge in [-0.1, -0.05) is 6.07 Å². The smallest absolute Gasteiger partial charge is 0.490 e. The first-order valence-electron chi connectivity index (χ1n) is 10.6. The summed E-state index contributed by atoms with van der Waals surface area (Å²) in [5, 5.41) is 14.2. The Hall–Kier alpha value is -3.46. The summed E-state index contributed by atoms with van der Waals surface area (Å²) in [6.45, 7) is 4.35. The van der Waals surface area contributed by atoms with E-state index in [1.165, 1.54) is 0 Å². The van der Waals surface area contributed by atoms with Crippen molar-refractivity contribution < 1.29 is 55.6 Å². The van der Waals surface area contributed by atoms with E-state index in [0.717, 1.165) is 44.1 Å². The molecule has 2 N–H and O–H groups in total. The SMILES string of the molecule is O=C(O)C(F)(F)F.O=C(O)C(F)(F)F.c1ccc(CN2CC3(C2)OCCC3COc2cccnc2)nc1. The minimum absolute atomic E-state index is 0.0308. The summed E-state index contributed by atoms with van der Waals surface area (Å²) in [6.07, 6.45) is -3.73. The normalized spacial score (nSPS) is 18.5. The lowest BCUT2D eigenvalue weighted by molar-refractivity contribution is -0.193. The van der Waals surface area contributed by atoms with Crippen LogP contribution in [0.25, 0.3) is 0 Å². The Balaban J connectivity index is 0.000000286. The van der Waals surface area contributed by atoms with E-state index in [4.69, 9.17) is 29.3 Å². The molecule has 15 heteroatoms. The third-order valence-corrected chi connectivity index (χ3v) is 5.26. The van der Waals surface area contributed by atoms with Crippen LogP contribution in [0.1, 0.15) is 12.1 Å². The first kappa shape index (κ1) is 29.8. The lowest BCUT2D eigenvalue weighted by Crippen LogP contribution is -2.64. The molecule has 2 aromatic rings. The van der Waals surface area contributed by atoms with Crippen molar-refractivity contribution in [3.05, 3.63) is 54.6 Å². The highest BCUT2D eigenvalue weighted by Crippen LogP contribution is 2.40. The fourth-order valence-electron chi connectivity index (χ4n) is 3.54. The summed E-state index contributed by atoms with van der Waals surface area (Å²) in [5.74, 6) is -4.23. The van der Waals surface area contributed by atoms with Gasteiger partial charge in [-0.05, 0) is 30.7 Å². The van der Waals surface area contributed by atoms with E-state index in [2.05, 4.69) is 20.9 Å². The first-order valence-corrected chi connectivity index (χ1v) is 10.6. The second-order valence-electron chi connectivity index (χ2n) is 7.97. The van der Waals surface area contributed by atoms with Gasteiger partial charge >= 0.3 is 24.3 Å². The number of hydrogen-bond acceptors (Lipinski definition) is 7. The zero-order valence-electron chi connectivity index (χ0n) is 19.1. The number of alkyl halides is 6. The highest BCUT2D eigenvalue weighted by molar-refractivity contribution is 5.73. The summed E-state index contributed by atoms with van der Waals surface area (Å²) in [4.78, 5) is 28.7. The minimum atomic E-state index is -5.08. The van der Waals surface area contributed by atoms with Gasteiger partial charge < -0.3 is 19.7 Å². The van der Waals surface area contributed by atoms with Crippen molar-refractivity contribution in [3.8, 4) is 5.75 Å². The average molecular weight is 539 g/mol. The topological polar surface area (TPSA) is 122 Å². The van der Waals surface area contributed by atoms with Gasteiger partial charge in [0.25, 0.3) is 0 Å². The molecule has 9 nitrogen and oxygen atoms in total. The van der Waals surface area contributed by atoms with Crippen LogP contribution in [-0.2, 0) is 20.9 Å². The number of aliphatic carboxylic acids is 2. The number of rotatable bonds is 5. The van der Waals surface area contributed by atoms with Gasteiger partial charge in [0.2, 0.25) is 0 Å². The third kappa shape index (κ3) is 9.49. The quantitative estimate of drug-likeness (QED) is 0.551. The zero-order chi connectivity index (χ0) is 27.7.